The number of benzene rings is 1. The van der Waals surface area contributed by atoms with Gasteiger partial charge in [-0.15, -0.1) is 11.3 Å². The number of thiophene rings is 1. The van der Waals surface area contributed by atoms with Crippen molar-refractivity contribution < 1.29 is 4.42 Å². The van der Waals surface area contributed by atoms with Gasteiger partial charge in [0.15, 0.2) is 0 Å². The van der Waals surface area contributed by atoms with E-state index in [4.69, 9.17) is 10.3 Å². The molecule has 17 heavy (non-hydrogen) atoms. The van der Waals surface area contributed by atoms with E-state index in [0.717, 1.165) is 11.3 Å². The quantitative estimate of drug-likeness (QED) is 0.550. The highest BCUT2D eigenvalue weighted by Gasteiger charge is 2.18. The Morgan fingerprint density at radius 3 is 2.82 bits per heavy atom. The SMILES string of the molecule is NNC(c1ccco1)c1csc2ccccc12. The van der Waals surface area contributed by atoms with E-state index in [1.54, 1.807) is 17.6 Å². The van der Waals surface area contributed by atoms with Gasteiger partial charge in [-0.3, -0.25) is 5.84 Å². The summed E-state index contributed by atoms with van der Waals surface area (Å²) in [5.74, 6) is 6.47. The predicted molar refractivity (Wildman–Crippen MR) is 69.7 cm³/mol. The van der Waals surface area contributed by atoms with E-state index in [9.17, 15) is 0 Å². The van der Waals surface area contributed by atoms with Crippen LogP contribution in [0.25, 0.3) is 10.1 Å². The standard InChI is InChI=1S/C13H12N2OS/c14-15-13(11-5-3-7-16-11)10-8-17-12-6-2-1-4-9(10)12/h1-8,13,15H,14H2. The van der Waals surface area contributed by atoms with E-state index in [2.05, 4.69) is 22.9 Å². The molecular formula is C13H12N2OS. The van der Waals surface area contributed by atoms with E-state index in [-0.39, 0.29) is 6.04 Å². The molecule has 3 N–H and O–H groups in total. The number of hydrogen-bond acceptors (Lipinski definition) is 4. The van der Waals surface area contributed by atoms with E-state index in [1.165, 1.54) is 10.1 Å². The van der Waals surface area contributed by atoms with Gasteiger partial charge in [-0.2, -0.15) is 0 Å². The van der Waals surface area contributed by atoms with Crippen LogP contribution in [0.4, 0.5) is 0 Å². The molecule has 1 aromatic carbocycles. The summed E-state index contributed by atoms with van der Waals surface area (Å²) in [5, 5.41) is 3.34. The van der Waals surface area contributed by atoms with Gasteiger partial charge in [0.05, 0.1) is 6.26 Å². The zero-order valence-corrected chi connectivity index (χ0v) is 9.91. The Bertz CT molecular complexity index is 615. The summed E-state index contributed by atoms with van der Waals surface area (Å²) in [6.45, 7) is 0. The molecule has 0 bridgehead atoms. The van der Waals surface area contributed by atoms with Gasteiger partial charge in [-0.25, -0.2) is 5.43 Å². The Morgan fingerprint density at radius 2 is 2.06 bits per heavy atom. The molecule has 3 nitrogen and oxygen atoms in total. The third-order valence-corrected chi connectivity index (χ3v) is 3.80. The Hall–Kier alpha value is -1.62. The van der Waals surface area contributed by atoms with E-state index in [1.807, 2.05) is 24.3 Å². The molecule has 0 saturated carbocycles. The normalized spacial score (nSPS) is 13.0. The first-order chi connectivity index (χ1) is 8.40. The van der Waals surface area contributed by atoms with Crippen LogP contribution >= 0.6 is 11.3 Å². The van der Waals surface area contributed by atoms with Gasteiger partial charge in [-0.05, 0) is 34.5 Å². The van der Waals surface area contributed by atoms with Crippen LogP contribution in [0.3, 0.4) is 0 Å². The summed E-state index contributed by atoms with van der Waals surface area (Å²) < 4.78 is 6.68. The summed E-state index contributed by atoms with van der Waals surface area (Å²) in [6.07, 6.45) is 1.66. The minimum absolute atomic E-state index is 0.0962. The predicted octanol–water partition coefficient (Wildman–Crippen LogP) is 3.05. The van der Waals surface area contributed by atoms with Crippen LogP contribution in [0.15, 0.2) is 52.5 Å². The maximum Gasteiger partial charge on any atom is 0.126 e. The third-order valence-electron chi connectivity index (χ3n) is 2.82. The van der Waals surface area contributed by atoms with E-state index in [0.29, 0.717) is 0 Å². The van der Waals surface area contributed by atoms with Gasteiger partial charge in [0.1, 0.15) is 11.8 Å². The van der Waals surface area contributed by atoms with Crippen molar-refractivity contribution >= 4 is 21.4 Å². The Kier molecular flexibility index (Phi) is 2.68. The van der Waals surface area contributed by atoms with Crippen LogP contribution < -0.4 is 11.3 Å². The molecule has 0 spiro atoms. The first-order valence-electron chi connectivity index (χ1n) is 5.36. The molecule has 4 heteroatoms. The van der Waals surface area contributed by atoms with Gasteiger partial charge in [-0.1, -0.05) is 18.2 Å². The molecule has 3 aromatic rings. The lowest BCUT2D eigenvalue weighted by Gasteiger charge is -2.12. The number of fused-ring (bicyclic) bond motifs is 1. The number of hydrazine groups is 1. The number of furan rings is 1. The molecule has 0 aliphatic heterocycles. The van der Waals surface area contributed by atoms with Crippen molar-refractivity contribution in [1.82, 2.24) is 5.43 Å². The molecule has 2 aromatic heterocycles. The molecule has 0 radical (unpaired) electrons. The van der Waals surface area contributed by atoms with Gasteiger partial charge < -0.3 is 4.42 Å². The Labute approximate surface area is 103 Å². The molecule has 3 rings (SSSR count). The fourth-order valence-corrected chi connectivity index (χ4v) is 2.99. The van der Waals surface area contributed by atoms with E-state index < -0.39 is 0 Å². The van der Waals surface area contributed by atoms with E-state index >= 15 is 0 Å². The molecule has 0 aliphatic rings. The number of nitrogens with two attached hydrogens (primary N) is 1. The van der Waals surface area contributed by atoms with Crippen molar-refractivity contribution in [2.45, 2.75) is 6.04 Å². The maximum absolute atomic E-state index is 5.64. The molecular weight excluding hydrogens is 232 g/mol. The average molecular weight is 244 g/mol. The molecule has 1 unspecified atom stereocenters. The van der Waals surface area contributed by atoms with Crippen LogP contribution in [0.5, 0.6) is 0 Å². The minimum Gasteiger partial charge on any atom is -0.467 e. The van der Waals surface area contributed by atoms with Crippen molar-refractivity contribution in [2.75, 3.05) is 0 Å². The summed E-state index contributed by atoms with van der Waals surface area (Å²) in [7, 11) is 0. The summed E-state index contributed by atoms with van der Waals surface area (Å²) in [4.78, 5) is 0. The average Bonchev–Trinajstić information content (AvgIpc) is 3.01. The lowest BCUT2D eigenvalue weighted by molar-refractivity contribution is 0.454. The van der Waals surface area contributed by atoms with Gasteiger partial charge in [0.2, 0.25) is 0 Å². The zero-order chi connectivity index (χ0) is 11.7. The maximum atomic E-state index is 5.64. The van der Waals surface area contributed by atoms with Crippen LogP contribution in [-0.2, 0) is 0 Å². The molecule has 2 heterocycles. The first-order valence-corrected chi connectivity index (χ1v) is 6.24. The number of rotatable bonds is 3. The van der Waals surface area contributed by atoms with Gasteiger partial charge in [0, 0.05) is 4.70 Å². The highest BCUT2D eigenvalue weighted by molar-refractivity contribution is 7.17. The molecule has 0 amide bonds. The van der Waals surface area contributed by atoms with Gasteiger partial charge >= 0.3 is 0 Å². The second-order valence-electron chi connectivity index (χ2n) is 3.80. The monoisotopic (exact) mass is 244 g/mol. The van der Waals surface area contributed by atoms with Crippen LogP contribution in [0, 0.1) is 0 Å². The first kappa shape index (κ1) is 10.5. The smallest absolute Gasteiger partial charge is 0.126 e. The lowest BCUT2D eigenvalue weighted by Crippen LogP contribution is -2.28. The van der Waals surface area contributed by atoms with Crippen LogP contribution in [0.2, 0.25) is 0 Å². The number of hydrogen-bond donors (Lipinski definition) is 2. The molecule has 0 aliphatic carbocycles. The van der Waals surface area contributed by atoms with Crippen molar-refractivity contribution in [3.8, 4) is 0 Å². The minimum atomic E-state index is -0.0962. The van der Waals surface area contributed by atoms with Crippen LogP contribution in [0.1, 0.15) is 17.4 Å². The lowest BCUT2D eigenvalue weighted by atomic mass is 10.0. The topological polar surface area (TPSA) is 51.2 Å². The highest BCUT2D eigenvalue weighted by atomic mass is 32.1. The highest BCUT2D eigenvalue weighted by Crippen LogP contribution is 2.33. The second-order valence-corrected chi connectivity index (χ2v) is 4.71. The van der Waals surface area contributed by atoms with Crippen molar-refractivity contribution in [3.63, 3.8) is 0 Å². The summed E-state index contributed by atoms with van der Waals surface area (Å²) in [6, 6.07) is 12.0. The Balaban J connectivity index is 2.13. The fourth-order valence-electron chi connectivity index (χ4n) is 2.00. The zero-order valence-electron chi connectivity index (χ0n) is 9.09. The third kappa shape index (κ3) is 1.76. The largest absolute Gasteiger partial charge is 0.467 e. The Morgan fingerprint density at radius 1 is 1.18 bits per heavy atom. The van der Waals surface area contributed by atoms with Crippen molar-refractivity contribution in [3.05, 3.63) is 59.4 Å². The van der Waals surface area contributed by atoms with Crippen LogP contribution in [-0.4, -0.2) is 0 Å². The second kappa shape index (κ2) is 4.33. The molecule has 0 saturated heterocycles. The number of nitrogens with one attached hydrogen (secondary N) is 1. The molecule has 0 fully saturated rings. The van der Waals surface area contributed by atoms with Gasteiger partial charge in [0.25, 0.3) is 0 Å². The van der Waals surface area contributed by atoms with Crippen molar-refractivity contribution in [2.24, 2.45) is 5.84 Å². The summed E-state index contributed by atoms with van der Waals surface area (Å²) >= 11 is 1.72. The molecule has 1 atom stereocenters. The summed E-state index contributed by atoms with van der Waals surface area (Å²) in [5.41, 5.74) is 3.97. The van der Waals surface area contributed by atoms with Crippen molar-refractivity contribution in [1.29, 1.82) is 0 Å². The fraction of sp³-hybridized carbons (Fsp3) is 0.0769. The molecule has 86 valence electrons.